The van der Waals surface area contributed by atoms with Gasteiger partial charge in [0.1, 0.15) is 5.78 Å². The van der Waals surface area contributed by atoms with Crippen LogP contribution < -0.4 is 10.4 Å². The number of H-pyrrole nitrogens is 1. The fourth-order valence-electron chi connectivity index (χ4n) is 6.68. The van der Waals surface area contributed by atoms with E-state index in [-0.39, 0.29) is 28.7 Å². The van der Waals surface area contributed by atoms with Crippen LogP contribution in [0.5, 0.6) is 0 Å². The van der Waals surface area contributed by atoms with Crippen molar-refractivity contribution in [2.45, 2.75) is 58.2 Å². The number of carboxylic acid groups (broad SMARTS) is 1. The van der Waals surface area contributed by atoms with E-state index in [0.717, 1.165) is 43.4 Å². The SMILES string of the molecule is CC1(C)[C@H]2CC[C@]1(CS(=O)(=O)NCCN1CCC(n3c(=O)[nH]c4ccccc43)CC1)C(=O)C2.O=C(O)C(F)(F)F. The number of carbonyl (C=O) groups is 2. The minimum absolute atomic E-state index is 0.0691. The number of para-hydroxylation sites is 2. The number of likely N-dealkylation sites (tertiary alicyclic amines) is 1. The van der Waals surface area contributed by atoms with Crippen molar-refractivity contribution >= 4 is 32.8 Å². The van der Waals surface area contributed by atoms with Crippen molar-refractivity contribution in [3.05, 3.63) is 34.7 Å². The number of Topliss-reactive ketones (excluding diaryl/α,β-unsaturated/α-hetero) is 1. The minimum Gasteiger partial charge on any atom is -0.475 e. The third-order valence-electron chi connectivity index (χ3n) is 9.11. The number of nitrogens with one attached hydrogen (secondary N) is 2. The number of sulfonamides is 1. The van der Waals surface area contributed by atoms with Crippen molar-refractivity contribution < 1.29 is 36.3 Å². The number of alkyl halides is 3. The highest BCUT2D eigenvalue weighted by Gasteiger charge is 2.65. The predicted molar refractivity (Wildman–Crippen MR) is 141 cm³/mol. The molecule has 10 nitrogen and oxygen atoms in total. The topological polar surface area (TPSA) is 142 Å². The van der Waals surface area contributed by atoms with Gasteiger partial charge in [0.2, 0.25) is 10.0 Å². The number of benzene rings is 1. The van der Waals surface area contributed by atoms with Crippen LogP contribution in [0.4, 0.5) is 13.2 Å². The molecular weight excluding hydrogens is 553 g/mol. The summed E-state index contributed by atoms with van der Waals surface area (Å²) in [5, 5.41) is 7.12. The fraction of sp³-hybridized carbons (Fsp3) is 0.654. The summed E-state index contributed by atoms with van der Waals surface area (Å²) in [6.07, 6.45) is -1.23. The quantitative estimate of drug-likeness (QED) is 0.452. The number of hydrogen-bond acceptors (Lipinski definition) is 6. The van der Waals surface area contributed by atoms with Crippen molar-refractivity contribution in [2.24, 2.45) is 16.7 Å². The maximum atomic E-state index is 12.9. The number of nitrogens with zero attached hydrogens (tertiary/aromatic N) is 2. The molecule has 222 valence electrons. The zero-order valence-electron chi connectivity index (χ0n) is 22.5. The second-order valence-electron chi connectivity index (χ2n) is 11.5. The number of piperidine rings is 1. The third kappa shape index (κ3) is 5.84. The molecule has 2 aromatic rings. The van der Waals surface area contributed by atoms with Gasteiger partial charge in [-0.05, 0) is 49.1 Å². The van der Waals surface area contributed by atoms with Crippen LogP contribution in [0.15, 0.2) is 29.1 Å². The molecule has 1 aliphatic heterocycles. The van der Waals surface area contributed by atoms with Crippen molar-refractivity contribution in [2.75, 3.05) is 31.9 Å². The van der Waals surface area contributed by atoms with Gasteiger partial charge >= 0.3 is 17.8 Å². The number of aromatic amines is 1. The molecule has 14 heteroatoms. The number of carboxylic acids is 1. The molecule has 1 saturated heterocycles. The molecule has 2 heterocycles. The van der Waals surface area contributed by atoms with Gasteiger partial charge in [-0.15, -0.1) is 0 Å². The van der Waals surface area contributed by atoms with E-state index in [0.29, 0.717) is 31.8 Å². The van der Waals surface area contributed by atoms with Gasteiger partial charge in [0, 0.05) is 44.1 Å². The zero-order chi connectivity index (χ0) is 29.5. The van der Waals surface area contributed by atoms with E-state index in [2.05, 4.69) is 28.5 Å². The molecule has 3 N–H and O–H groups in total. The van der Waals surface area contributed by atoms with E-state index in [1.54, 1.807) is 0 Å². The Bertz CT molecular complexity index is 1430. The van der Waals surface area contributed by atoms with E-state index in [9.17, 15) is 31.2 Å². The average Bonchev–Trinajstić information content (AvgIpc) is 3.38. The van der Waals surface area contributed by atoms with Gasteiger partial charge in [-0.1, -0.05) is 26.0 Å². The molecule has 0 amide bonds. The van der Waals surface area contributed by atoms with E-state index in [1.165, 1.54) is 0 Å². The van der Waals surface area contributed by atoms with E-state index in [1.807, 2.05) is 28.8 Å². The van der Waals surface area contributed by atoms with Gasteiger partial charge in [-0.25, -0.2) is 22.7 Å². The first kappa shape index (κ1) is 30.3. The summed E-state index contributed by atoms with van der Waals surface area (Å²) in [6.45, 7) is 6.73. The molecule has 2 aliphatic carbocycles. The van der Waals surface area contributed by atoms with E-state index >= 15 is 0 Å². The highest BCUT2D eigenvalue weighted by Crippen LogP contribution is 2.64. The maximum Gasteiger partial charge on any atom is 0.490 e. The summed E-state index contributed by atoms with van der Waals surface area (Å²) in [5.74, 6) is -2.41. The third-order valence-corrected chi connectivity index (χ3v) is 10.6. The van der Waals surface area contributed by atoms with Gasteiger partial charge in [0.15, 0.2) is 0 Å². The normalized spacial score (nSPS) is 25.2. The Morgan fingerprint density at radius 1 is 1.15 bits per heavy atom. The highest BCUT2D eigenvalue weighted by atomic mass is 32.2. The molecule has 2 atom stereocenters. The number of carbonyl (C=O) groups excluding carboxylic acids is 1. The lowest BCUT2D eigenvalue weighted by atomic mass is 9.70. The highest BCUT2D eigenvalue weighted by molar-refractivity contribution is 7.89. The molecule has 1 aromatic heterocycles. The molecule has 0 radical (unpaired) electrons. The summed E-state index contributed by atoms with van der Waals surface area (Å²) in [7, 11) is -3.54. The standard InChI is InChI=1S/C24H34N4O4S.C2HF3O2/c1-23(2)17-7-10-24(23,21(29)15-17)16-33(31,32)25-11-14-27-12-8-18(9-13-27)28-20-6-4-3-5-19(20)26-22(28)30;3-2(4,5)1(6)7/h3-6,17-18,25H,7-16H2,1-2H3,(H,26,30);(H,6,7)/t17-,24-;/m0./s1. The molecule has 3 fully saturated rings. The average molecular weight is 589 g/mol. The van der Waals surface area contributed by atoms with Crippen LogP contribution in [0.3, 0.4) is 0 Å². The molecule has 3 aliphatic rings. The van der Waals surface area contributed by atoms with Gasteiger partial charge in [0.25, 0.3) is 0 Å². The van der Waals surface area contributed by atoms with E-state index in [4.69, 9.17) is 9.90 Å². The molecule has 0 unspecified atom stereocenters. The molecule has 2 saturated carbocycles. The van der Waals surface area contributed by atoms with Crippen LogP contribution in [-0.4, -0.2) is 77.8 Å². The van der Waals surface area contributed by atoms with Crippen LogP contribution in [-0.2, 0) is 19.6 Å². The Morgan fingerprint density at radius 3 is 2.33 bits per heavy atom. The number of aromatic nitrogens is 2. The Kier molecular flexibility index (Phi) is 8.27. The number of halogens is 3. The molecular formula is C26H35F3N4O6S. The second-order valence-corrected chi connectivity index (χ2v) is 13.3. The second kappa shape index (κ2) is 10.9. The number of rotatable bonds is 7. The van der Waals surface area contributed by atoms with Gasteiger partial charge in [-0.2, -0.15) is 13.2 Å². The Balaban J connectivity index is 0.000000470. The maximum absolute atomic E-state index is 12.9. The first-order valence-corrected chi connectivity index (χ1v) is 14.9. The number of imidazole rings is 1. The summed E-state index contributed by atoms with van der Waals surface area (Å²) < 4.78 is 62.1. The van der Waals surface area contributed by atoms with Crippen LogP contribution in [0, 0.1) is 16.7 Å². The Hall–Kier alpha value is -2.71. The van der Waals surface area contributed by atoms with Crippen molar-refractivity contribution in [3.63, 3.8) is 0 Å². The zero-order valence-corrected chi connectivity index (χ0v) is 23.3. The Morgan fingerprint density at radius 2 is 1.77 bits per heavy atom. The first-order valence-electron chi connectivity index (χ1n) is 13.3. The molecule has 40 heavy (non-hydrogen) atoms. The fourth-order valence-corrected chi connectivity index (χ4v) is 8.51. The van der Waals surface area contributed by atoms with Gasteiger partial charge in [-0.3, -0.25) is 9.36 Å². The van der Waals surface area contributed by atoms with Crippen LogP contribution in [0.1, 0.15) is 52.0 Å². The number of hydrogen-bond donors (Lipinski definition) is 3. The smallest absolute Gasteiger partial charge is 0.475 e. The molecule has 1 aromatic carbocycles. The summed E-state index contributed by atoms with van der Waals surface area (Å²) in [4.78, 5) is 39.2. The van der Waals surface area contributed by atoms with Crippen molar-refractivity contribution in [1.29, 1.82) is 0 Å². The monoisotopic (exact) mass is 588 g/mol. The van der Waals surface area contributed by atoms with Crippen LogP contribution >= 0.6 is 0 Å². The lowest BCUT2D eigenvalue weighted by Gasteiger charge is -2.36. The largest absolute Gasteiger partial charge is 0.490 e. The van der Waals surface area contributed by atoms with Crippen LogP contribution in [0.25, 0.3) is 11.0 Å². The lowest BCUT2D eigenvalue weighted by molar-refractivity contribution is -0.192. The Labute approximate surface area is 230 Å². The molecule has 0 spiro atoms. The lowest BCUT2D eigenvalue weighted by Crippen LogP contribution is -2.47. The van der Waals surface area contributed by atoms with Crippen molar-refractivity contribution in [3.8, 4) is 0 Å². The molecule has 2 bridgehead atoms. The van der Waals surface area contributed by atoms with Crippen LogP contribution in [0.2, 0.25) is 0 Å². The number of fused-ring (bicyclic) bond motifs is 3. The van der Waals surface area contributed by atoms with Gasteiger partial charge in [0.05, 0.1) is 16.8 Å². The summed E-state index contributed by atoms with van der Waals surface area (Å²) >= 11 is 0. The summed E-state index contributed by atoms with van der Waals surface area (Å²) in [5.41, 5.74) is 0.749. The summed E-state index contributed by atoms with van der Waals surface area (Å²) in [6, 6.07) is 7.89. The van der Waals surface area contributed by atoms with Gasteiger partial charge < -0.3 is 15.0 Å². The minimum atomic E-state index is -5.08. The molecule has 5 rings (SSSR count). The number of aliphatic carboxylic acids is 1. The first-order chi connectivity index (χ1) is 18.6. The predicted octanol–water partition coefficient (Wildman–Crippen LogP) is 2.91. The van der Waals surface area contributed by atoms with E-state index < -0.39 is 27.6 Å². The van der Waals surface area contributed by atoms with Crippen molar-refractivity contribution in [1.82, 2.24) is 19.2 Å². The number of ketones is 1.